The van der Waals surface area contributed by atoms with Crippen molar-refractivity contribution in [1.82, 2.24) is 0 Å². The van der Waals surface area contributed by atoms with Gasteiger partial charge in [0.1, 0.15) is 12.2 Å². The first kappa shape index (κ1) is 27.6. The fourth-order valence-electron chi connectivity index (χ4n) is 9.46. The molecular formula is C28H40F6O3. The lowest BCUT2D eigenvalue weighted by atomic mass is 9.50. The minimum Gasteiger partial charge on any atom is -0.457 e. The highest BCUT2D eigenvalue weighted by Crippen LogP contribution is 2.60. The molecule has 6 bridgehead atoms. The third-order valence-electron chi connectivity index (χ3n) is 11.2. The fourth-order valence-corrected chi connectivity index (χ4v) is 9.46. The van der Waals surface area contributed by atoms with Crippen molar-refractivity contribution in [2.75, 3.05) is 6.61 Å². The molecule has 0 heterocycles. The molecule has 9 heteroatoms. The van der Waals surface area contributed by atoms with Gasteiger partial charge in [-0.15, -0.1) is 0 Å². The Morgan fingerprint density at radius 2 is 1.38 bits per heavy atom. The van der Waals surface area contributed by atoms with Gasteiger partial charge in [0.25, 0.3) is 5.60 Å². The van der Waals surface area contributed by atoms with E-state index in [4.69, 9.17) is 4.74 Å². The van der Waals surface area contributed by atoms with Crippen molar-refractivity contribution in [2.45, 2.75) is 109 Å². The SMILES string of the molecule is CC(C)C1CC2CC(CCC(OCC(=O)OC3(C)C4CC5CC(C4)CC3C5)(C(F)(F)F)C(F)(F)F)C1C2. The van der Waals surface area contributed by atoms with E-state index in [1.54, 1.807) is 6.92 Å². The van der Waals surface area contributed by atoms with E-state index in [2.05, 4.69) is 18.6 Å². The van der Waals surface area contributed by atoms with Crippen molar-refractivity contribution >= 4 is 5.97 Å². The van der Waals surface area contributed by atoms with Gasteiger partial charge in [0.15, 0.2) is 0 Å². The van der Waals surface area contributed by atoms with Crippen LogP contribution in [0.2, 0.25) is 0 Å². The quantitative estimate of drug-likeness (QED) is 0.234. The second kappa shape index (κ2) is 9.29. The number of hydrogen-bond acceptors (Lipinski definition) is 3. The van der Waals surface area contributed by atoms with Crippen molar-refractivity contribution in [3.63, 3.8) is 0 Å². The molecule has 0 aromatic heterocycles. The van der Waals surface area contributed by atoms with Crippen LogP contribution in [0.3, 0.4) is 0 Å². The fraction of sp³-hybridized carbons (Fsp3) is 0.964. The summed E-state index contributed by atoms with van der Waals surface area (Å²) < 4.78 is 95.3. The maximum Gasteiger partial charge on any atom is 0.426 e. The third kappa shape index (κ3) is 4.71. The first-order chi connectivity index (χ1) is 17.1. The van der Waals surface area contributed by atoms with Gasteiger partial charge in [-0.2, -0.15) is 26.3 Å². The van der Waals surface area contributed by atoms with Gasteiger partial charge in [-0.3, -0.25) is 0 Å². The smallest absolute Gasteiger partial charge is 0.426 e. The normalized spacial score (nSPS) is 41.1. The largest absolute Gasteiger partial charge is 0.457 e. The molecular weight excluding hydrogens is 498 g/mol. The molecule has 6 aliphatic carbocycles. The van der Waals surface area contributed by atoms with Gasteiger partial charge in [0.05, 0.1) is 0 Å². The van der Waals surface area contributed by atoms with E-state index < -0.39 is 42.6 Å². The van der Waals surface area contributed by atoms with Crippen LogP contribution in [0.15, 0.2) is 0 Å². The summed E-state index contributed by atoms with van der Waals surface area (Å²) in [6.07, 6.45) is -5.53. The molecule has 0 aromatic carbocycles. The van der Waals surface area contributed by atoms with Crippen LogP contribution in [0.5, 0.6) is 0 Å². The summed E-state index contributed by atoms with van der Waals surface area (Å²) >= 11 is 0. The molecule has 3 nitrogen and oxygen atoms in total. The Kier molecular flexibility index (Phi) is 6.93. The van der Waals surface area contributed by atoms with Crippen LogP contribution < -0.4 is 0 Å². The van der Waals surface area contributed by atoms with Crippen LogP contribution in [0.1, 0.15) is 85.0 Å². The highest BCUT2D eigenvalue weighted by Gasteiger charge is 2.72. The Hall–Kier alpha value is -0.990. The number of halogens is 6. The lowest BCUT2D eigenvalue weighted by Gasteiger charge is -2.59. The summed E-state index contributed by atoms with van der Waals surface area (Å²) in [5.41, 5.74) is -5.22. The monoisotopic (exact) mass is 538 g/mol. The molecule has 0 aromatic rings. The van der Waals surface area contributed by atoms with E-state index >= 15 is 0 Å². The molecule has 37 heavy (non-hydrogen) atoms. The zero-order valence-corrected chi connectivity index (χ0v) is 22.0. The summed E-state index contributed by atoms with van der Waals surface area (Å²) in [7, 11) is 0. The van der Waals surface area contributed by atoms with Gasteiger partial charge in [0, 0.05) is 0 Å². The van der Waals surface area contributed by atoms with Gasteiger partial charge in [-0.1, -0.05) is 13.8 Å². The Labute approximate surface area is 215 Å². The van der Waals surface area contributed by atoms with Gasteiger partial charge in [-0.25, -0.2) is 4.79 Å². The van der Waals surface area contributed by atoms with Gasteiger partial charge < -0.3 is 9.47 Å². The highest BCUT2D eigenvalue weighted by atomic mass is 19.4. The summed E-state index contributed by atoms with van der Waals surface area (Å²) in [6, 6.07) is 0. The maximum atomic E-state index is 14.2. The van der Waals surface area contributed by atoms with E-state index in [0.29, 0.717) is 36.0 Å². The van der Waals surface area contributed by atoms with E-state index in [-0.39, 0.29) is 30.1 Å². The molecule has 4 unspecified atom stereocenters. The molecule has 0 aliphatic heterocycles. The number of carbonyl (C=O) groups excluding carboxylic acids is 1. The van der Waals surface area contributed by atoms with Crippen LogP contribution in [0.25, 0.3) is 0 Å². The first-order valence-electron chi connectivity index (χ1n) is 14.1. The zero-order chi connectivity index (χ0) is 27.0. The number of esters is 1. The molecule has 0 saturated heterocycles. The molecule has 6 rings (SSSR count). The van der Waals surface area contributed by atoms with Crippen molar-refractivity contribution in [1.29, 1.82) is 0 Å². The van der Waals surface area contributed by atoms with Crippen molar-refractivity contribution in [3.8, 4) is 0 Å². The lowest BCUT2D eigenvalue weighted by molar-refractivity contribution is -0.382. The molecule has 0 radical (unpaired) electrons. The van der Waals surface area contributed by atoms with Crippen LogP contribution in [-0.2, 0) is 14.3 Å². The summed E-state index contributed by atoms with van der Waals surface area (Å²) in [6.45, 7) is 4.58. The predicted molar refractivity (Wildman–Crippen MR) is 124 cm³/mol. The first-order valence-corrected chi connectivity index (χ1v) is 14.1. The highest BCUT2D eigenvalue weighted by molar-refractivity contribution is 5.71. The lowest BCUT2D eigenvalue weighted by Crippen LogP contribution is -2.60. The molecule has 6 saturated carbocycles. The standard InChI is InChI=1S/C28H40F6O3/c1-15(2)22-12-18-7-19(23(22)13-18)4-5-26(27(29,30)31,28(32,33)34)36-14-24(35)37-25(3)20-8-16-6-17(10-20)11-21(25)9-16/h15-23H,4-14H2,1-3H3. The zero-order valence-electron chi connectivity index (χ0n) is 22.0. The van der Waals surface area contributed by atoms with E-state index in [1.807, 2.05) is 0 Å². The van der Waals surface area contributed by atoms with E-state index in [0.717, 1.165) is 38.5 Å². The number of rotatable bonds is 8. The number of ether oxygens (including phenoxy) is 2. The second-order valence-electron chi connectivity index (χ2n) is 13.5. The number of alkyl halides is 6. The molecule has 0 N–H and O–H groups in total. The predicted octanol–water partition coefficient (Wildman–Crippen LogP) is 7.72. The van der Waals surface area contributed by atoms with E-state index in [9.17, 15) is 31.1 Å². The van der Waals surface area contributed by atoms with Gasteiger partial charge in [-0.05, 0) is 124 Å². The second-order valence-corrected chi connectivity index (χ2v) is 13.5. The Balaban J connectivity index is 1.27. The van der Waals surface area contributed by atoms with Crippen molar-refractivity contribution in [3.05, 3.63) is 0 Å². The topological polar surface area (TPSA) is 35.5 Å². The van der Waals surface area contributed by atoms with Crippen LogP contribution >= 0.6 is 0 Å². The third-order valence-corrected chi connectivity index (χ3v) is 11.2. The average molecular weight is 539 g/mol. The maximum absolute atomic E-state index is 14.2. The Morgan fingerprint density at radius 1 is 0.838 bits per heavy atom. The number of hydrogen-bond donors (Lipinski definition) is 0. The van der Waals surface area contributed by atoms with Crippen LogP contribution in [0.4, 0.5) is 26.3 Å². The van der Waals surface area contributed by atoms with Gasteiger partial charge >= 0.3 is 18.3 Å². The van der Waals surface area contributed by atoms with Crippen molar-refractivity contribution in [2.24, 2.45) is 53.3 Å². The van der Waals surface area contributed by atoms with Gasteiger partial charge in [0.2, 0.25) is 0 Å². The molecule has 6 fully saturated rings. The summed E-state index contributed by atoms with van der Waals surface area (Å²) in [4.78, 5) is 12.7. The average Bonchev–Trinajstić information content (AvgIpc) is 3.36. The summed E-state index contributed by atoms with van der Waals surface area (Å²) in [5.74, 6) is 1.29. The molecule has 4 atom stereocenters. The minimum atomic E-state index is -5.70. The molecule has 6 aliphatic rings. The van der Waals surface area contributed by atoms with Crippen molar-refractivity contribution < 1.29 is 40.6 Å². The minimum absolute atomic E-state index is 0.106. The van der Waals surface area contributed by atoms with Crippen LogP contribution in [-0.4, -0.2) is 36.1 Å². The van der Waals surface area contributed by atoms with Crippen LogP contribution in [0, 0.1) is 53.3 Å². The number of carbonyl (C=O) groups is 1. The number of fused-ring (bicyclic) bond motifs is 2. The Bertz CT molecular complexity index is 823. The molecule has 0 amide bonds. The Morgan fingerprint density at radius 3 is 1.86 bits per heavy atom. The van der Waals surface area contributed by atoms with E-state index in [1.165, 1.54) is 6.42 Å². The molecule has 0 spiro atoms. The molecule has 212 valence electrons. The summed E-state index contributed by atoms with van der Waals surface area (Å²) in [5, 5.41) is 0.